The predicted molar refractivity (Wildman–Crippen MR) is 93.0 cm³/mol. The molecule has 4 nitrogen and oxygen atoms in total. The minimum atomic E-state index is -3.46. The number of fused-ring (bicyclic) bond motifs is 1. The van der Waals surface area contributed by atoms with Crippen LogP contribution in [0.5, 0.6) is 0 Å². The molecule has 1 heterocycles. The number of hydrogen-bond donors (Lipinski definition) is 1. The van der Waals surface area contributed by atoms with Gasteiger partial charge in [0.25, 0.3) is 0 Å². The molecule has 0 aliphatic carbocycles. The molecule has 0 fully saturated rings. The number of nitrogens with one attached hydrogen (secondary N) is 1. The Morgan fingerprint density at radius 1 is 1.04 bits per heavy atom. The van der Waals surface area contributed by atoms with Crippen molar-refractivity contribution in [3.05, 3.63) is 65.9 Å². The van der Waals surface area contributed by atoms with Gasteiger partial charge in [-0.05, 0) is 36.6 Å². The van der Waals surface area contributed by atoms with Gasteiger partial charge < -0.3 is 4.57 Å². The first-order valence-electron chi connectivity index (χ1n) is 7.57. The summed E-state index contributed by atoms with van der Waals surface area (Å²) in [5.41, 5.74) is 3.06. The lowest BCUT2D eigenvalue weighted by Gasteiger charge is -2.08. The van der Waals surface area contributed by atoms with Gasteiger partial charge >= 0.3 is 0 Å². The smallest absolute Gasteiger partial charge is 0.240 e. The number of nitrogens with zero attached hydrogens (tertiary/aromatic N) is 1. The van der Waals surface area contributed by atoms with E-state index in [0.717, 1.165) is 16.6 Å². The Bertz CT molecular complexity index is 943. The molecule has 0 radical (unpaired) electrons. The fourth-order valence-corrected chi connectivity index (χ4v) is 4.16. The van der Waals surface area contributed by atoms with Crippen LogP contribution >= 0.6 is 0 Å². The largest absolute Gasteiger partial charge is 0.350 e. The lowest BCUT2D eigenvalue weighted by Crippen LogP contribution is -2.26. The molecule has 0 aliphatic heterocycles. The monoisotopic (exact) mass is 328 g/mol. The second-order valence-corrected chi connectivity index (χ2v) is 7.43. The van der Waals surface area contributed by atoms with Crippen LogP contribution in [0.4, 0.5) is 0 Å². The van der Waals surface area contributed by atoms with Crippen molar-refractivity contribution in [3.63, 3.8) is 0 Å². The highest BCUT2D eigenvalue weighted by molar-refractivity contribution is 7.89. The molecular weight excluding hydrogens is 308 g/mol. The maximum atomic E-state index is 12.4. The SMILES string of the molecule is Cc1ccccc1S(=O)(=O)NCCc1cn(C)c2ccccc12. The standard InChI is InChI=1S/C18H20N2O2S/c1-14-7-3-6-10-18(14)23(21,22)19-12-11-15-13-20(2)17-9-5-4-8-16(15)17/h3-10,13,19H,11-12H2,1-2H3. The first-order valence-corrected chi connectivity index (χ1v) is 9.05. The van der Waals surface area contributed by atoms with E-state index in [4.69, 9.17) is 0 Å². The Labute approximate surface area is 136 Å². The molecule has 1 aromatic heterocycles. The molecule has 0 aliphatic rings. The summed E-state index contributed by atoms with van der Waals surface area (Å²) in [5, 5.41) is 1.17. The van der Waals surface area contributed by atoms with Crippen molar-refractivity contribution in [1.82, 2.24) is 9.29 Å². The van der Waals surface area contributed by atoms with E-state index in [2.05, 4.69) is 27.6 Å². The molecule has 0 amide bonds. The van der Waals surface area contributed by atoms with Crippen LogP contribution in [0.2, 0.25) is 0 Å². The molecule has 0 atom stereocenters. The van der Waals surface area contributed by atoms with Crippen molar-refractivity contribution in [2.75, 3.05) is 6.54 Å². The molecule has 0 unspecified atom stereocenters. The lowest BCUT2D eigenvalue weighted by atomic mass is 10.1. The summed E-state index contributed by atoms with van der Waals surface area (Å²) in [6, 6.07) is 15.2. The number of hydrogen-bond acceptors (Lipinski definition) is 2. The summed E-state index contributed by atoms with van der Waals surface area (Å²) in [4.78, 5) is 0.345. The third-order valence-corrected chi connectivity index (χ3v) is 5.67. The van der Waals surface area contributed by atoms with Crippen molar-refractivity contribution in [2.45, 2.75) is 18.2 Å². The fourth-order valence-electron chi connectivity index (χ4n) is 2.88. The third kappa shape index (κ3) is 3.16. The van der Waals surface area contributed by atoms with Crippen LogP contribution in [0.25, 0.3) is 10.9 Å². The molecule has 3 rings (SSSR count). The third-order valence-electron chi connectivity index (χ3n) is 4.05. The quantitative estimate of drug-likeness (QED) is 0.783. The zero-order valence-corrected chi connectivity index (χ0v) is 14.1. The van der Waals surface area contributed by atoms with E-state index in [-0.39, 0.29) is 0 Å². The molecule has 3 aromatic rings. The summed E-state index contributed by atoms with van der Waals surface area (Å²) in [6.07, 6.45) is 2.72. The van der Waals surface area contributed by atoms with Crippen LogP contribution in [0, 0.1) is 6.92 Å². The Kier molecular flexibility index (Phi) is 4.24. The molecular formula is C18H20N2O2S. The Balaban J connectivity index is 1.75. The average Bonchev–Trinajstić information content (AvgIpc) is 2.84. The summed E-state index contributed by atoms with van der Waals surface area (Å²) >= 11 is 0. The van der Waals surface area contributed by atoms with Gasteiger partial charge in [-0.15, -0.1) is 0 Å². The summed E-state index contributed by atoms with van der Waals surface area (Å²) in [5.74, 6) is 0. The number of para-hydroxylation sites is 1. The van der Waals surface area contributed by atoms with Gasteiger partial charge in [-0.2, -0.15) is 0 Å². The van der Waals surface area contributed by atoms with Gasteiger partial charge in [0.1, 0.15) is 0 Å². The van der Waals surface area contributed by atoms with E-state index in [9.17, 15) is 8.42 Å². The molecule has 23 heavy (non-hydrogen) atoms. The van der Waals surface area contributed by atoms with Crippen LogP contribution < -0.4 is 4.72 Å². The van der Waals surface area contributed by atoms with E-state index in [1.165, 1.54) is 5.39 Å². The Morgan fingerprint density at radius 3 is 2.52 bits per heavy atom. The number of aromatic nitrogens is 1. The van der Waals surface area contributed by atoms with Crippen molar-refractivity contribution >= 4 is 20.9 Å². The van der Waals surface area contributed by atoms with E-state index >= 15 is 0 Å². The average molecular weight is 328 g/mol. The molecule has 120 valence electrons. The van der Waals surface area contributed by atoms with Crippen molar-refractivity contribution < 1.29 is 8.42 Å². The van der Waals surface area contributed by atoms with Gasteiger partial charge in [0.2, 0.25) is 10.0 Å². The highest BCUT2D eigenvalue weighted by Crippen LogP contribution is 2.20. The van der Waals surface area contributed by atoms with Gasteiger partial charge in [0, 0.05) is 30.7 Å². The van der Waals surface area contributed by atoms with Crippen LogP contribution in [0.3, 0.4) is 0 Å². The highest BCUT2D eigenvalue weighted by Gasteiger charge is 2.16. The topological polar surface area (TPSA) is 51.1 Å². The molecule has 2 aromatic carbocycles. The Morgan fingerprint density at radius 2 is 1.74 bits per heavy atom. The van der Waals surface area contributed by atoms with Crippen LogP contribution in [0.15, 0.2) is 59.6 Å². The minimum absolute atomic E-state index is 0.345. The molecule has 0 saturated heterocycles. The molecule has 0 bridgehead atoms. The van der Waals surface area contributed by atoms with Gasteiger partial charge in [-0.3, -0.25) is 0 Å². The van der Waals surface area contributed by atoms with Crippen molar-refractivity contribution in [3.8, 4) is 0 Å². The molecule has 0 saturated carbocycles. The van der Waals surface area contributed by atoms with E-state index in [1.807, 2.05) is 25.2 Å². The van der Waals surface area contributed by atoms with Gasteiger partial charge in [-0.25, -0.2) is 13.1 Å². The predicted octanol–water partition coefficient (Wildman–Crippen LogP) is 3.01. The number of sulfonamides is 1. The first-order chi connectivity index (χ1) is 11.0. The summed E-state index contributed by atoms with van der Waals surface area (Å²) in [7, 11) is -1.46. The van der Waals surface area contributed by atoms with Crippen LogP contribution in [-0.2, 0) is 23.5 Å². The maximum Gasteiger partial charge on any atom is 0.240 e. The van der Waals surface area contributed by atoms with E-state index < -0.39 is 10.0 Å². The lowest BCUT2D eigenvalue weighted by molar-refractivity contribution is 0.581. The van der Waals surface area contributed by atoms with Gasteiger partial charge in [-0.1, -0.05) is 36.4 Å². The number of benzene rings is 2. The summed E-state index contributed by atoms with van der Waals surface area (Å²) < 4.78 is 29.6. The minimum Gasteiger partial charge on any atom is -0.350 e. The zero-order valence-electron chi connectivity index (χ0n) is 13.3. The highest BCUT2D eigenvalue weighted by atomic mass is 32.2. The summed E-state index contributed by atoms with van der Waals surface area (Å²) in [6.45, 7) is 2.18. The first kappa shape index (κ1) is 15.8. The Hall–Kier alpha value is -2.11. The van der Waals surface area contributed by atoms with Crippen LogP contribution in [0.1, 0.15) is 11.1 Å². The van der Waals surface area contributed by atoms with Crippen molar-refractivity contribution in [2.24, 2.45) is 7.05 Å². The second kappa shape index (κ2) is 6.18. The molecule has 1 N–H and O–H groups in total. The van der Waals surface area contributed by atoms with E-state index in [0.29, 0.717) is 17.9 Å². The van der Waals surface area contributed by atoms with Gasteiger partial charge in [0.05, 0.1) is 4.90 Å². The fraction of sp³-hybridized carbons (Fsp3) is 0.222. The molecule has 0 spiro atoms. The molecule has 5 heteroatoms. The van der Waals surface area contributed by atoms with Gasteiger partial charge in [0.15, 0.2) is 0 Å². The number of rotatable bonds is 5. The van der Waals surface area contributed by atoms with E-state index in [1.54, 1.807) is 25.1 Å². The number of aryl methyl sites for hydroxylation is 2. The zero-order chi connectivity index (χ0) is 16.4. The van der Waals surface area contributed by atoms with Crippen molar-refractivity contribution in [1.29, 1.82) is 0 Å². The second-order valence-electron chi connectivity index (χ2n) is 5.70. The maximum absolute atomic E-state index is 12.4. The van der Waals surface area contributed by atoms with Crippen LogP contribution in [-0.4, -0.2) is 19.5 Å². The normalized spacial score (nSPS) is 11.9.